The Kier molecular flexibility index (Phi) is 5.84. The number of sulfonamides is 1. The fourth-order valence-electron chi connectivity index (χ4n) is 3.22. The molecule has 0 bridgehead atoms. The van der Waals surface area contributed by atoms with Crippen LogP contribution in [0.5, 0.6) is 0 Å². The van der Waals surface area contributed by atoms with Gasteiger partial charge in [0.15, 0.2) is 0 Å². The van der Waals surface area contributed by atoms with Gasteiger partial charge in [-0.2, -0.15) is 0 Å². The van der Waals surface area contributed by atoms with Crippen LogP contribution in [-0.2, 0) is 16.4 Å². The molecule has 0 atom stereocenters. The van der Waals surface area contributed by atoms with Crippen molar-refractivity contribution in [2.24, 2.45) is 0 Å². The Hall–Kier alpha value is -2.05. The lowest BCUT2D eigenvalue weighted by atomic mass is 10.1. The van der Waals surface area contributed by atoms with Crippen molar-refractivity contribution in [2.45, 2.75) is 24.7 Å². The molecule has 2 aromatic rings. The maximum atomic E-state index is 12.6. The quantitative estimate of drug-likeness (QED) is 0.810. The highest BCUT2D eigenvalue weighted by molar-refractivity contribution is 7.92. The minimum Gasteiger partial charge on any atom is -0.360 e. The van der Waals surface area contributed by atoms with E-state index in [9.17, 15) is 8.42 Å². The van der Waals surface area contributed by atoms with Crippen LogP contribution in [0.15, 0.2) is 53.4 Å². The average Bonchev–Trinajstić information content (AvgIpc) is 2.64. The van der Waals surface area contributed by atoms with Crippen LogP contribution in [0.1, 0.15) is 18.9 Å². The number of quaternary nitrogens is 1. The largest absolute Gasteiger partial charge is 0.360 e. The molecule has 6 heteroatoms. The summed E-state index contributed by atoms with van der Waals surface area (Å²) in [6, 6.07) is 14.8. The number of likely N-dealkylation sites (N-methyl/N-ethyl adjacent to an activating group) is 1. The summed E-state index contributed by atoms with van der Waals surface area (Å²) >= 11 is 0. The summed E-state index contributed by atoms with van der Waals surface area (Å²) < 4.78 is 27.8. The molecule has 26 heavy (non-hydrogen) atoms. The van der Waals surface area contributed by atoms with E-state index < -0.39 is 10.0 Å². The van der Waals surface area contributed by atoms with Gasteiger partial charge in [-0.05, 0) is 48.4 Å². The maximum absolute atomic E-state index is 12.6. The SMILES string of the molecule is CCCc1ccc(S(=O)(=O)Nc2ccc(N3CC[NH+](C)CC3)cc2)cc1. The van der Waals surface area contributed by atoms with Crippen molar-refractivity contribution in [3.05, 3.63) is 54.1 Å². The van der Waals surface area contributed by atoms with Crippen molar-refractivity contribution in [3.8, 4) is 0 Å². The molecule has 140 valence electrons. The zero-order valence-electron chi connectivity index (χ0n) is 15.5. The van der Waals surface area contributed by atoms with E-state index in [1.54, 1.807) is 17.0 Å². The molecule has 0 aliphatic carbocycles. The van der Waals surface area contributed by atoms with Crippen LogP contribution < -0.4 is 14.5 Å². The highest BCUT2D eigenvalue weighted by Crippen LogP contribution is 2.21. The molecule has 5 nitrogen and oxygen atoms in total. The first kappa shape index (κ1) is 18.7. The minimum atomic E-state index is -3.56. The highest BCUT2D eigenvalue weighted by Gasteiger charge is 2.18. The summed E-state index contributed by atoms with van der Waals surface area (Å²) in [5.41, 5.74) is 2.89. The van der Waals surface area contributed by atoms with Crippen LogP contribution in [0.3, 0.4) is 0 Å². The summed E-state index contributed by atoms with van der Waals surface area (Å²) in [4.78, 5) is 4.19. The van der Waals surface area contributed by atoms with Crippen LogP contribution in [0.4, 0.5) is 11.4 Å². The summed E-state index contributed by atoms with van der Waals surface area (Å²) in [6.45, 7) is 6.42. The number of anilines is 2. The second kappa shape index (κ2) is 8.10. The number of nitrogens with one attached hydrogen (secondary N) is 2. The standard InChI is InChI=1S/C20H27N3O2S/c1-3-4-17-5-11-20(12-6-17)26(24,25)21-18-7-9-19(10-8-18)23-15-13-22(2)14-16-23/h5-12,21H,3-4,13-16H2,1-2H3/p+1. The molecule has 2 aromatic carbocycles. The van der Waals surface area contributed by atoms with Gasteiger partial charge < -0.3 is 9.80 Å². The van der Waals surface area contributed by atoms with Crippen molar-refractivity contribution in [1.29, 1.82) is 0 Å². The van der Waals surface area contributed by atoms with E-state index in [4.69, 9.17) is 0 Å². The second-order valence-electron chi connectivity index (χ2n) is 6.99. The van der Waals surface area contributed by atoms with Gasteiger partial charge in [0, 0.05) is 11.4 Å². The van der Waals surface area contributed by atoms with Gasteiger partial charge in [-0.25, -0.2) is 8.42 Å². The van der Waals surface area contributed by atoms with Crippen LogP contribution in [0, 0.1) is 0 Å². The van der Waals surface area contributed by atoms with Crippen LogP contribution in [-0.4, -0.2) is 41.6 Å². The highest BCUT2D eigenvalue weighted by atomic mass is 32.2. The number of nitrogens with zero attached hydrogens (tertiary/aromatic N) is 1. The van der Waals surface area contributed by atoms with Gasteiger partial charge in [-0.1, -0.05) is 25.5 Å². The Balaban J connectivity index is 1.67. The first-order valence-electron chi connectivity index (χ1n) is 9.26. The van der Waals surface area contributed by atoms with Crippen molar-refractivity contribution < 1.29 is 13.3 Å². The van der Waals surface area contributed by atoms with Gasteiger partial charge in [-0.3, -0.25) is 4.72 Å². The monoisotopic (exact) mass is 374 g/mol. The zero-order valence-corrected chi connectivity index (χ0v) is 16.3. The molecule has 3 rings (SSSR count). The van der Waals surface area contributed by atoms with Gasteiger partial charge in [0.05, 0.1) is 38.1 Å². The van der Waals surface area contributed by atoms with Crippen molar-refractivity contribution in [2.75, 3.05) is 42.8 Å². The maximum Gasteiger partial charge on any atom is 0.261 e. The summed E-state index contributed by atoms with van der Waals surface area (Å²) in [5.74, 6) is 0. The molecule has 0 unspecified atom stereocenters. The lowest BCUT2D eigenvalue weighted by Crippen LogP contribution is -3.12. The summed E-state index contributed by atoms with van der Waals surface area (Å²) in [7, 11) is -1.34. The van der Waals surface area contributed by atoms with E-state index in [1.165, 1.54) is 0 Å². The molecule has 1 fully saturated rings. The molecule has 2 N–H and O–H groups in total. The van der Waals surface area contributed by atoms with E-state index in [0.717, 1.165) is 50.3 Å². The molecule has 1 aliphatic heterocycles. The van der Waals surface area contributed by atoms with E-state index in [-0.39, 0.29) is 0 Å². The van der Waals surface area contributed by atoms with Crippen LogP contribution in [0.25, 0.3) is 0 Å². The average molecular weight is 375 g/mol. The minimum absolute atomic E-state index is 0.295. The van der Waals surface area contributed by atoms with E-state index in [1.807, 2.05) is 36.4 Å². The van der Waals surface area contributed by atoms with E-state index in [0.29, 0.717) is 10.6 Å². The number of hydrogen-bond donors (Lipinski definition) is 2. The molecular formula is C20H28N3O2S+. The molecule has 0 radical (unpaired) electrons. The Bertz CT molecular complexity index is 809. The number of aryl methyl sites for hydroxylation is 1. The topological polar surface area (TPSA) is 53.9 Å². The fraction of sp³-hybridized carbons (Fsp3) is 0.400. The lowest BCUT2D eigenvalue weighted by molar-refractivity contribution is -0.880. The smallest absolute Gasteiger partial charge is 0.261 e. The third kappa shape index (κ3) is 4.56. The predicted molar refractivity (Wildman–Crippen MR) is 107 cm³/mol. The molecule has 0 saturated carbocycles. The molecule has 1 aliphatic rings. The molecular weight excluding hydrogens is 346 g/mol. The second-order valence-corrected chi connectivity index (χ2v) is 8.67. The third-order valence-corrected chi connectivity index (χ3v) is 6.27. The number of benzene rings is 2. The molecule has 1 heterocycles. The van der Waals surface area contributed by atoms with Gasteiger partial charge in [0.25, 0.3) is 10.0 Å². The lowest BCUT2D eigenvalue weighted by Gasteiger charge is -2.31. The molecule has 0 aromatic heterocycles. The summed E-state index contributed by atoms with van der Waals surface area (Å²) in [5, 5.41) is 0. The zero-order chi connectivity index (χ0) is 18.6. The Morgan fingerprint density at radius 1 is 1.00 bits per heavy atom. The molecule has 1 saturated heterocycles. The predicted octanol–water partition coefficient (Wildman–Crippen LogP) is 1.77. The Labute approximate surface area is 156 Å². The number of rotatable bonds is 6. The van der Waals surface area contributed by atoms with Crippen LogP contribution >= 0.6 is 0 Å². The van der Waals surface area contributed by atoms with Crippen molar-refractivity contribution in [3.63, 3.8) is 0 Å². The normalized spacial score (nSPS) is 15.8. The summed E-state index contributed by atoms with van der Waals surface area (Å²) in [6.07, 6.45) is 2.01. The van der Waals surface area contributed by atoms with Gasteiger partial charge in [-0.15, -0.1) is 0 Å². The molecule has 0 amide bonds. The number of piperazine rings is 1. The fourth-order valence-corrected chi connectivity index (χ4v) is 4.28. The Morgan fingerprint density at radius 2 is 1.62 bits per heavy atom. The Morgan fingerprint density at radius 3 is 2.19 bits per heavy atom. The van der Waals surface area contributed by atoms with Crippen molar-refractivity contribution in [1.82, 2.24) is 0 Å². The molecule has 0 spiro atoms. The van der Waals surface area contributed by atoms with Crippen molar-refractivity contribution >= 4 is 21.4 Å². The first-order chi connectivity index (χ1) is 12.5. The first-order valence-corrected chi connectivity index (χ1v) is 10.7. The van der Waals surface area contributed by atoms with Gasteiger partial charge in [0.1, 0.15) is 0 Å². The van der Waals surface area contributed by atoms with E-state index in [2.05, 4.69) is 23.6 Å². The van der Waals surface area contributed by atoms with Gasteiger partial charge in [0.2, 0.25) is 0 Å². The number of hydrogen-bond acceptors (Lipinski definition) is 3. The van der Waals surface area contributed by atoms with E-state index >= 15 is 0 Å². The van der Waals surface area contributed by atoms with Gasteiger partial charge >= 0.3 is 0 Å². The third-order valence-electron chi connectivity index (χ3n) is 4.87. The van der Waals surface area contributed by atoms with Crippen LogP contribution in [0.2, 0.25) is 0 Å².